The summed E-state index contributed by atoms with van der Waals surface area (Å²) in [6.07, 6.45) is 4.95. The first-order chi connectivity index (χ1) is 20.8. The minimum atomic E-state index is -0.243. The van der Waals surface area contributed by atoms with Crippen molar-refractivity contribution in [2.75, 3.05) is 4.90 Å². The Morgan fingerprint density at radius 3 is 2.07 bits per heavy atom. The van der Waals surface area contributed by atoms with Crippen molar-refractivity contribution in [3.63, 3.8) is 0 Å². The second-order valence-corrected chi connectivity index (χ2v) is 10.3. The molecule has 6 aromatic rings. The molecule has 1 aromatic heterocycles. The van der Waals surface area contributed by atoms with Crippen LogP contribution in [-0.2, 0) is 0 Å². The van der Waals surface area contributed by atoms with Crippen molar-refractivity contribution < 1.29 is 0 Å². The quantitative estimate of drug-likeness (QED) is 0.240. The van der Waals surface area contributed by atoms with Gasteiger partial charge in [-0.25, -0.2) is 9.98 Å². The van der Waals surface area contributed by atoms with Gasteiger partial charge in [0.2, 0.25) is 0 Å². The first-order valence-electron chi connectivity index (χ1n) is 14.0. The predicted octanol–water partition coefficient (Wildman–Crippen LogP) is 8.03. The van der Waals surface area contributed by atoms with Crippen LogP contribution in [0.3, 0.4) is 0 Å². The minimum absolute atomic E-state index is 0.243. The van der Waals surface area contributed by atoms with Crippen molar-refractivity contribution in [1.82, 2.24) is 9.88 Å². The van der Waals surface area contributed by atoms with E-state index in [9.17, 15) is 0 Å². The van der Waals surface area contributed by atoms with Crippen molar-refractivity contribution in [2.24, 2.45) is 15.0 Å². The maximum atomic E-state index is 4.50. The maximum Gasteiger partial charge on any atom is 0.179 e. The number of benzene rings is 5. The lowest BCUT2D eigenvalue weighted by Gasteiger charge is -2.25. The van der Waals surface area contributed by atoms with Crippen molar-refractivity contribution in [2.45, 2.75) is 6.17 Å². The molecular weight excluding hydrogens is 516 g/mol. The Bertz CT molecular complexity index is 2010. The number of fused-ring (bicyclic) bond motifs is 4. The van der Waals surface area contributed by atoms with Crippen LogP contribution in [0.25, 0.3) is 33.2 Å². The molecule has 0 spiro atoms. The molecule has 42 heavy (non-hydrogen) atoms. The molecule has 1 N–H and O–H groups in total. The molecule has 0 amide bonds. The third-order valence-corrected chi connectivity index (χ3v) is 7.75. The van der Waals surface area contributed by atoms with E-state index >= 15 is 0 Å². The highest BCUT2D eigenvalue weighted by Crippen LogP contribution is 2.39. The van der Waals surface area contributed by atoms with E-state index in [1.165, 1.54) is 16.3 Å². The van der Waals surface area contributed by atoms with Gasteiger partial charge in [0.1, 0.15) is 0 Å². The molecule has 0 fully saturated rings. The molecule has 5 aromatic carbocycles. The molecule has 6 heteroatoms. The van der Waals surface area contributed by atoms with Gasteiger partial charge in [0.05, 0.1) is 22.9 Å². The van der Waals surface area contributed by atoms with Crippen LogP contribution in [0.1, 0.15) is 5.56 Å². The number of para-hydroxylation sites is 3. The zero-order valence-electron chi connectivity index (χ0n) is 22.7. The average Bonchev–Trinajstić information content (AvgIpc) is 3.39. The van der Waals surface area contributed by atoms with Gasteiger partial charge in [-0.05, 0) is 66.2 Å². The van der Waals surface area contributed by atoms with E-state index in [0.29, 0.717) is 5.84 Å². The van der Waals surface area contributed by atoms with E-state index in [-0.39, 0.29) is 6.17 Å². The fourth-order valence-corrected chi connectivity index (χ4v) is 5.82. The molecule has 0 saturated heterocycles. The summed E-state index contributed by atoms with van der Waals surface area (Å²) in [5.74, 6) is 0.681. The second-order valence-electron chi connectivity index (χ2n) is 10.3. The van der Waals surface area contributed by atoms with Crippen LogP contribution in [0.15, 0.2) is 149 Å². The largest absolute Gasteiger partial charge is 0.356 e. The van der Waals surface area contributed by atoms with Crippen LogP contribution < -0.4 is 10.2 Å². The first-order valence-corrected chi connectivity index (χ1v) is 14.0. The Kier molecular flexibility index (Phi) is 5.74. The van der Waals surface area contributed by atoms with E-state index in [0.717, 1.165) is 39.5 Å². The van der Waals surface area contributed by atoms with Gasteiger partial charge in [-0.15, -0.1) is 0 Å². The van der Waals surface area contributed by atoms with E-state index in [1.807, 2.05) is 6.20 Å². The van der Waals surface area contributed by atoms with Gasteiger partial charge in [-0.3, -0.25) is 4.99 Å². The number of nitrogens with zero attached hydrogens (tertiary/aromatic N) is 5. The molecule has 2 aliphatic rings. The van der Waals surface area contributed by atoms with E-state index < -0.39 is 0 Å². The lowest BCUT2D eigenvalue weighted by molar-refractivity contribution is 0.772. The van der Waals surface area contributed by atoms with Crippen LogP contribution in [0.2, 0.25) is 0 Å². The number of rotatable bonds is 5. The number of hydrogen-bond acceptors (Lipinski definition) is 5. The number of aromatic nitrogens is 1. The highest BCUT2D eigenvalue weighted by atomic mass is 15.2. The Labute approximate surface area is 243 Å². The zero-order valence-corrected chi connectivity index (χ0v) is 22.7. The van der Waals surface area contributed by atoms with Crippen LogP contribution in [-0.4, -0.2) is 29.0 Å². The Morgan fingerprint density at radius 2 is 1.31 bits per heavy atom. The topological polar surface area (TPSA) is 57.3 Å². The van der Waals surface area contributed by atoms with Gasteiger partial charge in [-0.2, -0.15) is 0 Å². The van der Waals surface area contributed by atoms with Crippen molar-refractivity contribution >= 4 is 62.8 Å². The predicted molar refractivity (Wildman–Crippen MR) is 175 cm³/mol. The molecule has 6 nitrogen and oxygen atoms in total. The number of hydrogen-bond donors (Lipinski definition) is 1. The zero-order chi connectivity index (χ0) is 27.9. The summed E-state index contributed by atoms with van der Waals surface area (Å²) < 4.78 is 2.34. The van der Waals surface area contributed by atoms with Gasteiger partial charge < -0.3 is 14.8 Å². The van der Waals surface area contributed by atoms with Gasteiger partial charge in [0, 0.05) is 46.0 Å². The molecule has 3 heterocycles. The van der Waals surface area contributed by atoms with Gasteiger partial charge in [0.25, 0.3) is 0 Å². The summed E-state index contributed by atoms with van der Waals surface area (Å²) in [5.41, 5.74) is 8.76. The third kappa shape index (κ3) is 4.09. The lowest BCUT2D eigenvalue weighted by Crippen LogP contribution is -2.37. The van der Waals surface area contributed by atoms with Crippen molar-refractivity contribution in [3.05, 3.63) is 139 Å². The summed E-state index contributed by atoms with van der Waals surface area (Å²) in [6, 6.07) is 45.0. The van der Waals surface area contributed by atoms with E-state index in [2.05, 4.69) is 157 Å². The summed E-state index contributed by atoms with van der Waals surface area (Å²) >= 11 is 0. The average molecular weight is 543 g/mol. The van der Waals surface area contributed by atoms with Gasteiger partial charge in [0.15, 0.2) is 12.0 Å². The summed E-state index contributed by atoms with van der Waals surface area (Å²) in [5, 5.41) is 5.86. The SMILES string of the molecule is C1=NC2=NC=C(c3ccc(-n4c5ccccc5c5cc(N(c6ccccc6)c6ccccc6)ccc54)cc3)NC2N=C1. The molecule has 0 saturated carbocycles. The summed E-state index contributed by atoms with van der Waals surface area (Å²) in [6.45, 7) is 0. The lowest BCUT2D eigenvalue weighted by atomic mass is 10.1. The first kappa shape index (κ1) is 24.1. The fraction of sp³-hybridized carbons (Fsp3) is 0.0278. The normalized spacial score (nSPS) is 15.7. The molecule has 0 radical (unpaired) electrons. The smallest absolute Gasteiger partial charge is 0.179 e. The number of nitrogens with one attached hydrogen (secondary N) is 1. The standard InChI is InChI=1S/C36H26N6/c1-3-9-26(10-4-1)41(27-11-5-2-6-12-27)29-19-20-34-31(23-29)30-13-7-8-14-33(30)42(34)28-17-15-25(16-18-28)32-24-39-35-36(40-32)38-22-21-37-35/h1-24,36,40H. The molecule has 0 aliphatic carbocycles. The third-order valence-electron chi connectivity index (χ3n) is 7.75. The summed E-state index contributed by atoms with van der Waals surface area (Å²) in [7, 11) is 0. The molecule has 1 atom stereocenters. The number of aliphatic imine (C=N–C) groups is 3. The van der Waals surface area contributed by atoms with Crippen LogP contribution >= 0.6 is 0 Å². The van der Waals surface area contributed by atoms with Gasteiger partial charge in [-0.1, -0.05) is 66.7 Å². The van der Waals surface area contributed by atoms with Gasteiger partial charge >= 0.3 is 0 Å². The van der Waals surface area contributed by atoms with Crippen LogP contribution in [0.5, 0.6) is 0 Å². The molecule has 200 valence electrons. The number of amidine groups is 1. The highest BCUT2D eigenvalue weighted by molar-refractivity contribution is 6.22. The Balaban J connectivity index is 1.23. The maximum absolute atomic E-state index is 4.50. The van der Waals surface area contributed by atoms with E-state index in [1.54, 1.807) is 12.4 Å². The monoisotopic (exact) mass is 542 g/mol. The Morgan fingerprint density at radius 1 is 0.619 bits per heavy atom. The molecular formula is C36H26N6. The van der Waals surface area contributed by atoms with Crippen LogP contribution in [0, 0.1) is 0 Å². The minimum Gasteiger partial charge on any atom is -0.356 e. The number of anilines is 3. The van der Waals surface area contributed by atoms with Crippen LogP contribution in [0.4, 0.5) is 17.1 Å². The second kappa shape index (κ2) is 10.0. The molecule has 8 rings (SSSR count). The van der Waals surface area contributed by atoms with Crippen molar-refractivity contribution in [3.8, 4) is 5.69 Å². The highest BCUT2D eigenvalue weighted by Gasteiger charge is 2.21. The van der Waals surface area contributed by atoms with E-state index in [4.69, 9.17) is 0 Å². The van der Waals surface area contributed by atoms with Crippen molar-refractivity contribution in [1.29, 1.82) is 0 Å². The molecule has 0 bridgehead atoms. The summed E-state index contributed by atoms with van der Waals surface area (Å²) in [4.78, 5) is 15.6. The fourth-order valence-electron chi connectivity index (χ4n) is 5.82. The Hall–Kier alpha value is -5.75. The molecule has 1 unspecified atom stereocenters. The molecule has 2 aliphatic heterocycles.